The van der Waals surface area contributed by atoms with Gasteiger partial charge < -0.3 is 15.0 Å². The van der Waals surface area contributed by atoms with E-state index < -0.39 is 23.9 Å². The van der Waals surface area contributed by atoms with Crippen LogP contribution >= 0.6 is 11.6 Å². The van der Waals surface area contributed by atoms with Gasteiger partial charge in [0, 0.05) is 14.1 Å². The Labute approximate surface area is 145 Å². The molecule has 0 saturated carbocycles. The lowest BCUT2D eigenvalue weighted by Gasteiger charge is -2.17. The van der Waals surface area contributed by atoms with Crippen molar-refractivity contribution in [2.75, 3.05) is 26.0 Å². The second-order valence-electron chi connectivity index (χ2n) is 5.52. The van der Waals surface area contributed by atoms with Gasteiger partial charge in [-0.05, 0) is 18.6 Å². The molecule has 1 atom stereocenters. The summed E-state index contributed by atoms with van der Waals surface area (Å²) in [5.41, 5.74) is 0.439. The van der Waals surface area contributed by atoms with Crippen LogP contribution in [0.3, 0.4) is 0 Å². The van der Waals surface area contributed by atoms with Gasteiger partial charge in [0.05, 0.1) is 23.7 Å². The summed E-state index contributed by atoms with van der Waals surface area (Å²) in [5.74, 6) is -0.397. The van der Waals surface area contributed by atoms with E-state index in [4.69, 9.17) is 16.3 Å². The molecule has 7 nitrogen and oxygen atoms in total. The van der Waals surface area contributed by atoms with Gasteiger partial charge in [-0.1, -0.05) is 24.6 Å². The third-order valence-electron chi connectivity index (χ3n) is 3.74. The van der Waals surface area contributed by atoms with Gasteiger partial charge in [0.2, 0.25) is 5.91 Å². The third-order valence-corrected chi connectivity index (χ3v) is 4.04. The van der Waals surface area contributed by atoms with Crippen molar-refractivity contribution in [1.29, 1.82) is 0 Å². The Morgan fingerprint density at radius 3 is 2.62 bits per heavy atom. The second-order valence-corrected chi connectivity index (χ2v) is 5.93. The first-order chi connectivity index (χ1) is 11.4. The van der Waals surface area contributed by atoms with Crippen LogP contribution in [0, 0.1) is 0 Å². The van der Waals surface area contributed by atoms with Crippen molar-refractivity contribution in [3.63, 3.8) is 0 Å². The second kappa shape index (κ2) is 7.53. The molecule has 0 bridgehead atoms. The molecule has 1 aliphatic rings. The van der Waals surface area contributed by atoms with Crippen molar-refractivity contribution in [3.8, 4) is 5.75 Å². The fraction of sp³-hybridized carbons (Fsp3) is 0.438. The highest BCUT2D eigenvalue weighted by molar-refractivity contribution is 6.32. The van der Waals surface area contributed by atoms with Gasteiger partial charge in [-0.2, -0.15) is 0 Å². The number of likely N-dealkylation sites (N-methyl/N-ethyl adjacent to an activating group) is 2. The van der Waals surface area contributed by atoms with Gasteiger partial charge in [0.1, 0.15) is 6.04 Å². The van der Waals surface area contributed by atoms with Crippen LogP contribution in [0.5, 0.6) is 5.75 Å². The molecule has 4 amide bonds. The van der Waals surface area contributed by atoms with E-state index in [-0.39, 0.29) is 6.42 Å². The Kier molecular flexibility index (Phi) is 5.66. The summed E-state index contributed by atoms with van der Waals surface area (Å²) in [5, 5.41) is 3.09. The first-order valence-electron chi connectivity index (χ1n) is 7.62. The quantitative estimate of drug-likeness (QED) is 0.796. The molecule has 2 rings (SSSR count). The molecule has 1 fully saturated rings. The van der Waals surface area contributed by atoms with Crippen LogP contribution in [-0.4, -0.2) is 54.4 Å². The molecule has 0 aromatic heterocycles. The van der Waals surface area contributed by atoms with Gasteiger partial charge >= 0.3 is 6.03 Å². The molecule has 8 heteroatoms. The highest BCUT2D eigenvalue weighted by Crippen LogP contribution is 2.33. The summed E-state index contributed by atoms with van der Waals surface area (Å²) in [6, 6.07) is 3.81. The van der Waals surface area contributed by atoms with E-state index in [1.54, 1.807) is 18.2 Å². The van der Waals surface area contributed by atoms with Crippen molar-refractivity contribution in [1.82, 2.24) is 9.80 Å². The van der Waals surface area contributed by atoms with Gasteiger partial charge in [-0.3, -0.25) is 14.5 Å². The maximum Gasteiger partial charge on any atom is 0.326 e. The van der Waals surface area contributed by atoms with Crippen molar-refractivity contribution < 1.29 is 19.1 Å². The fourth-order valence-corrected chi connectivity index (χ4v) is 2.64. The van der Waals surface area contributed by atoms with Gasteiger partial charge in [0.25, 0.3) is 5.91 Å². The highest BCUT2D eigenvalue weighted by Gasteiger charge is 2.41. The number of carbonyl (C=O) groups is 3. The smallest absolute Gasteiger partial charge is 0.326 e. The van der Waals surface area contributed by atoms with Gasteiger partial charge in [-0.15, -0.1) is 0 Å². The van der Waals surface area contributed by atoms with Crippen molar-refractivity contribution >= 4 is 35.1 Å². The molecule has 1 aromatic carbocycles. The molecule has 1 N–H and O–H groups in total. The zero-order valence-electron chi connectivity index (χ0n) is 13.8. The number of nitrogens with one attached hydrogen (secondary N) is 1. The Balaban J connectivity index is 2.09. The number of hydrogen-bond acceptors (Lipinski definition) is 4. The van der Waals surface area contributed by atoms with E-state index in [1.165, 1.54) is 19.0 Å². The number of amides is 4. The SMILES string of the molecule is CCCOc1c(Cl)cccc1NC(=O)CC1C(=O)N(C)C(=O)N1C. The van der Waals surface area contributed by atoms with E-state index >= 15 is 0 Å². The number of anilines is 1. The number of benzene rings is 1. The lowest BCUT2D eigenvalue weighted by atomic mass is 10.1. The molecule has 0 aliphatic carbocycles. The Bertz CT molecular complexity index is 665. The largest absolute Gasteiger partial charge is 0.490 e. The number of ether oxygens (including phenoxy) is 1. The van der Waals surface area contributed by atoms with E-state index in [0.29, 0.717) is 23.1 Å². The third kappa shape index (κ3) is 3.62. The molecule has 0 spiro atoms. The molecule has 1 unspecified atom stereocenters. The number of halogens is 1. The molecular weight excluding hydrogens is 334 g/mol. The first kappa shape index (κ1) is 18.1. The molecule has 1 heterocycles. The molecule has 0 radical (unpaired) electrons. The zero-order chi connectivity index (χ0) is 17.9. The predicted molar refractivity (Wildman–Crippen MR) is 90.2 cm³/mol. The minimum absolute atomic E-state index is 0.134. The summed E-state index contributed by atoms with van der Waals surface area (Å²) < 4.78 is 5.58. The Morgan fingerprint density at radius 2 is 2.04 bits per heavy atom. The lowest BCUT2D eigenvalue weighted by Crippen LogP contribution is -2.35. The minimum atomic E-state index is -0.804. The van der Waals surface area contributed by atoms with Crippen LogP contribution in [0.2, 0.25) is 5.02 Å². The first-order valence-corrected chi connectivity index (χ1v) is 8.00. The number of nitrogens with zero attached hydrogens (tertiary/aromatic N) is 2. The maximum absolute atomic E-state index is 12.3. The topological polar surface area (TPSA) is 79.0 Å². The summed E-state index contributed by atoms with van der Waals surface area (Å²) in [7, 11) is 2.89. The van der Waals surface area contributed by atoms with E-state index in [0.717, 1.165) is 11.3 Å². The summed E-state index contributed by atoms with van der Waals surface area (Å²) >= 11 is 6.11. The van der Waals surface area contributed by atoms with E-state index in [9.17, 15) is 14.4 Å². The summed E-state index contributed by atoms with van der Waals surface area (Å²) in [4.78, 5) is 38.3. The Morgan fingerprint density at radius 1 is 1.33 bits per heavy atom. The number of para-hydroxylation sites is 1. The predicted octanol–water partition coefficient (Wildman–Crippen LogP) is 2.35. The van der Waals surface area contributed by atoms with Crippen molar-refractivity contribution in [2.24, 2.45) is 0 Å². The minimum Gasteiger partial charge on any atom is -0.490 e. The highest BCUT2D eigenvalue weighted by atomic mass is 35.5. The molecule has 24 heavy (non-hydrogen) atoms. The van der Waals surface area contributed by atoms with Gasteiger partial charge in [-0.25, -0.2) is 4.79 Å². The molecular formula is C16H20ClN3O4. The zero-order valence-corrected chi connectivity index (χ0v) is 14.6. The van der Waals surface area contributed by atoms with Crippen LogP contribution in [0.15, 0.2) is 18.2 Å². The molecule has 1 saturated heterocycles. The Hall–Kier alpha value is -2.28. The average molecular weight is 354 g/mol. The van der Waals surface area contributed by atoms with Crippen LogP contribution in [0.1, 0.15) is 19.8 Å². The molecule has 1 aliphatic heterocycles. The van der Waals surface area contributed by atoms with Crippen molar-refractivity contribution in [3.05, 3.63) is 23.2 Å². The lowest BCUT2D eigenvalue weighted by molar-refractivity contribution is -0.129. The standard InChI is InChI=1S/C16H20ClN3O4/c1-4-8-24-14-10(17)6-5-7-11(14)18-13(21)9-12-15(22)20(3)16(23)19(12)2/h5-7,12H,4,8-9H2,1-3H3,(H,18,21). The average Bonchev–Trinajstić information content (AvgIpc) is 2.72. The number of hydrogen-bond donors (Lipinski definition) is 1. The molecule has 130 valence electrons. The maximum atomic E-state index is 12.3. The van der Waals surface area contributed by atoms with E-state index in [1.807, 2.05) is 6.92 Å². The van der Waals surface area contributed by atoms with Gasteiger partial charge in [0.15, 0.2) is 5.75 Å². The van der Waals surface area contributed by atoms with E-state index in [2.05, 4.69) is 5.32 Å². The summed E-state index contributed by atoms with van der Waals surface area (Å²) in [6.45, 7) is 2.43. The molecule has 1 aromatic rings. The van der Waals surface area contributed by atoms with Crippen LogP contribution in [-0.2, 0) is 9.59 Å². The number of imide groups is 1. The van der Waals surface area contributed by atoms with Crippen molar-refractivity contribution in [2.45, 2.75) is 25.8 Å². The van der Waals surface area contributed by atoms with Crippen LogP contribution < -0.4 is 10.1 Å². The number of urea groups is 1. The summed E-state index contributed by atoms with van der Waals surface area (Å²) in [6.07, 6.45) is 0.666. The normalized spacial score (nSPS) is 17.4. The number of carbonyl (C=O) groups excluding carboxylic acids is 3. The van der Waals surface area contributed by atoms with Crippen LogP contribution in [0.25, 0.3) is 0 Å². The fourth-order valence-electron chi connectivity index (χ4n) is 2.41. The number of rotatable bonds is 6. The van der Waals surface area contributed by atoms with Crippen LogP contribution in [0.4, 0.5) is 10.5 Å². The monoisotopic (exact) mass is 353 g/mol.